The first-order chi connectivity index (χ1) is 10.7. The van der Waals surface area contributed by atoms with E-state index in [-0.39, 0.29) is 11.9 Å². The Balaban J connectivity index is 0.000000545. The number of Topliss-reactive ketones (excluding diaryl/α,β-unsaturated/α-hetero) is 1. The minimum absolute atomic E-state index is 0.250. The zero-order valence-corrected chi connectivity index (χ0v) is 12.0. The summed E-state index contributed by atoms with van der Waals surface area (Å²) in [5.74, 6) is 0.258. The van der Waals surface area contributed by atoms with Crippen LogP contribution in [0.2, 0.25) is 0 Å². The van der Waals surface area contributed by atoms with Crippen molar-refractivity contribution in [1.29, 1.82) is 0 Å². The van der Waals surface area contributed by atoms with E-state index in [1.54, 1.807) is 0 Å². The van der Waals surface area contributed by atoms with E-state index in [0.29, 0.717) is 13.0 Å². The zero-order valence-electron chi connectivity index (χ0n) is 12.0. The second-order valence-electron chi connectivity index (χ2n) is 4.88. The Labute approximate surface area is 128 Å². The first kappa shape index (κ1) is 15.5. The van der Waals surface area contributed by atoms with Gasteiger partial charge in [0.2, 0.25) is 0 Å². The fraction of sp³-hybridized carbons (Fsp3) is 0.167. The van der Waals surface area contributed by atoms with Crippen molar-refractivity contribution in [2.75, 3.05) is 0 Å². The predicted octanol–water partition coefficient (Wildman–Crippen LogP) is 2.85. The summed E-state index contributed by atoms with van der Waals surface area (Å²) in [7, 11) is 0. The van der Waals surface area contributed by atoms with Gasteiger partial charge in [0.1, 0.15) is 0 Å². The smallest absolute Gasteiger partial charge is 0.294 e. The number of rotatable bonds is 3. The van der Waals surface area contributed by atoms with Gasteiger partial charge in [-0.3, -0.25) is 9.79 Å². The molecule has 0 amide bonds. The predicted molar refractivity (Wildman–Crippen MR) is 81.8 cm³/mol. The van der Waals surface area contributed by atoms with E-state index in [1.165, 1.54) is 11.1 Å². The van der Waals surface area contributed by atoms with Crippen molar-refractivity contribution in [3.05, 3.63) is 70.8 Å². The van der Waals surface area contributed by atoms with Gasteiger partial charge in [-0.2, -0.15) is 9.59 Å². The normalized spacial score (nSPS) is 12.5. The molecule has 0 atom stereocenters. The van der Waals surface area contributed by atoms with Crippen LogP contribution in [0.25, 0.3) is 0 Å². The van der Waals surface area contributed by atoms with Gasteiger partial charge in [0.25, 0.3) is 0 Å². The van der Waals surface area contributed by atoms with E-state index in [1.807, 2.05) is 42.6 Å². The molecule has 3 rings (SSSR count). The van der Waals surface area contributed by atoms with E-state index in [4.69, 9.17) is 9.59 Å². The summed E-state index contributed by atoms with van der Waals surface area (Å²) in [5.41, 5.74) is 4.25. The van der Waals surface area contributed by atoms with Crippen molar-refractivity contribution < 1.29 is 14.4 Å². The molecule has 0 bridgehead atoms. The van der Waals surface area contributed by atoms with Gasteiger partial charge < -0.3 is 0 Å². The monoisotopic (exact) mass is 293 g/mol. The second-order valence-corrected chi connectivity index (χ2v) is 4.88. The summed E-state index contributed by atoms with van der Waals surface area (Å²) in [5, 5.41) is 0. The lowest BCUT2D eigenvalue weighted by Gasteiger charge is -1.99. The van der Waals surface area contributed by atoms with Gasteiger partial charge in [0.15, 0.2) is 5.78 Å². The molecule has 0 N–H and O–H groups in total. The Kier molecular flexibility index (Phi) is 5.52. The number of nitrogens with zero attached hydrogens (tertiary/aromatic N) is 1. The summed E-state index contributed by atoms with van der Waals surface area (Å²) in [6.07, 6.45) is 3.63. The third kappa shape index (κ3) is 4.08. The van der Waals surface area contributed by atoms with E-state index in [9.17, 15) is 4.79 Å². The van der Waals surface area contributed by atoms with Crippen LogP contribution in [0, 0.1) is 0 Å². The molecule has 1 aliphatic carbocycles. The number of aliphatic imine (C=N–C) groups is 1. The molecule has 0 unspecified atom stereocenters. The average Bonchev–Trinajstić information content (AvgIpc) is 2.90. The lowest BCUT2D eigenvalue weighted by Crippen LogP contribution is -1.93. The minimum Gasteiger partial charge on any atom is -0.294 e. The summed E-state index contributed by atoms with van der Waals surface area (Å²) >= 11 is 0. The van der Waals surface area contributed by atoms with E-state index < -0.39 is 0 Å². The number of aryl methyl sites for hydroxylation is 1. The molecule has 2 aromatic rings. The molecule has 4 nitrogen and oxygen atoms in total. The number of hydrogen-bond donors (Lipinski definition) is 0. The number of fused-ring (bicyclic) bond motifs is 1. The third-order valence-electron chi connectivity index (χ3n) is 3.41. The zero-order chi connectivity index (χ0) is 15.8. The molecule has 0 saturated heterocycles. The number of ketones is 1. The number of hydrogen-bond acceptors (Lipinski definition) is 4. The second kappa shape index (κ2) is 7.81. The Morgan fingerprint density at radius 2 is 1.77 bits per heavy atom. The van der Waals surface area contributed by atoms with Crippen molar-refractivity contribution >= 4 is 18.1 Å². The van der Waals surface area contributed by atoms with Gasteiger partial charge in [-0.25, -0.2) is 0 Å². The maximum atomic E-state index is 11.7. The Morgan fingerprint density at radius 1 is 1.05 bits per heavy atom. The van der Waals surface area contributed by atoms with Gasteiger partial charge in [-0.1, -0.05) is 42.5 Å². The quantitative estimate of drug-likeness (QED) is 0.817. The molecular weight excluding hydrogens is 278 g/mol. The lowest BCUT2D eigenvalue weighted by molar-refractivity contribution is -0.191. The van der Waals surface area contributed by atoms with Crippen LogP contribution >= 0.6 is 0 Å². The maximum absolute atomic E-state index is 11.7. The molecule has 0 heterocycles. The Hall–Kier alpha value is -2.84. The van der Waals surface area contributed by atoms with Crippen molar-refractivity contribution in [3.63, 3.8) is 0 Å². The van der Waals surface area contributed by atoms with Gasteiger partial charge in [0, 0.05) is 18.2 Å². The fourth-order valence-electron chi connectivity index (χ4n) is 2.37. The van der Waals surface area contributed by atoms with Gasteiger partial charge in [-0.05, 0) is 29.2 Å². The first-order valence-corrected chi connectivity index (χ1v) is 6.93. The van der Waals surface area contributed by atoms with Crippen LogP contribution in [0.3, 0.4) is 0 Å². The van der Waals surface area contributed by atoms with Crippen LogP contribution in [-0.2, 0) is 22.6 Å². The average molecular weight is 293 g/mol. The number of benzene rings is 2. The van der Waals surface area contributed by atoms with Gasteiger partial charge in [-0.15, -0.1) is 0 Å². The van der Waals surface area contributed by atoms with E-state index in [0.717, 1.165) is 17.5 Å². The number of carbonyl (C=O) groups is 1. The van der Waals surface area contributed by atoms with E-state index in [2.05, 4.69) is 17.1 Å². The highest BCUT2D eigenvalue weighted by molar-refractivity contribution is 6.01. The Morgan fingerprint density at radius 3 is 2.50 bits per heavy atom. The highest BCUT2D eigenvalue weighted by Gasteiger charge is 2.18. The largest absolute Gasteiger partial charge is 0.373 e. The fourth-order valence-corrected chi connectivity index (χ4v) is 2.37. The third-order valence-corrected chi connectivity index (χ3v) is 3.41. The number of carbonyl (C=O) groups excluding carboxylic acids is 3. The minimum atomic E-state index is 0.250. The molecule has 0 spiro atoms. The van der Waals surface area contributed by atoms with Crippen molar-refractivity contribution in [2.45, 2.75) is 19.4 Å². The van der Waals surface area contributed by atoms with Crippen LogP contribution in [0.4, 0.5) is 0 Å². The molecular formula is C18H15NO3. The molecule has 0 aliphatic heterocycles. The first-order valence-electron chi connectivity index (χ1n) is 6.93. The van der Waals surface area contributed by atoms with Gasteiger partial charge >= 0.3 is 6.15 Å². The molecule has 110 valence electrons. The lowest BCUT2D eigenvalue weighted by atomic mass is 10.1. The van der Waals surface area contributed by atoms with Crippen LogP contribution in [-0.4, -0.2) is 18.1 Å². The van der Waals surface area contributed by atoms with Crippen molar-refractivity contribution in [1.82, 2.24) is 0 Å². The molecule has 22 heavy (non-hydrogen) atoms. The molecule has 4 heteroatoms. The molecule has 0 saturated carbocycles. The topological polar surface area (TPSA) is 63.6 Å². The van der Waals surface area contributed by atoms with Crippen molar-refractivity contribution in [2.24, 2.45) is 4.99 Å². The summed E-state index contributed by atoms with van der Waals surface area (Å²) in [6.45, 7) is 0.672. The SMILES string of the molecule is O=C1CCc2ccc(C=NCc3ccccc3)cc21.O=C=O. The van der Waals surface area contributed by atoms with Crippen LogP contribution in [0.5, 0.6) is 0 Å². The summed E-state index contributed by atoms with van der Waals surface area (Å²) in [6, 6.07) is 16.2. The standard InChI is InChI=1S/C17H15NO.CO2/c19-17-9-8-15-7-6-14(10-16(15)17)12-18-11-13-4-2-1-3-5-13;2-1-3/h1-7,10,12H,8-9,11H2;. The Bertz CT molecular complexity index is 714. The highest BCUT2D eigenvalue weighted by Crippen LogP contribution is 2.22. The molecule has 1 aliphatic rings. The van der Waals surface area contributed by atoms with Gasteiger partial charge in [0.05, 0.1) is 6.54 Å². The summed E-state index contributed by atoms with van der Waals surface area (Å²) < 4.78 is 0. The van der Waals surface area contributed by atoms with Crippen LogP contribution < -0.4 is 0 Å². The molecule has 0 radical (unpaired) electrons. The molecule has 0 aromatic heterocycles. The van der Waals surface area contributed by atoms with Crippen molar-refractivity contribution in [3.8, 4) is 0 Å². The summed E-state index contributed by atoms with van der Waals surface area (Å²) in [4.78, 5) is 32.3. The van der Waals surface area contributed by atoms with Crippen LogP contribution in [0.15, 0.2) is 53.5 Å². The highest BCUT2D eigenvalue weighted by atomic mass is 16.2. The molecule has 2 aromatic carbocycles. The van der Waals surface area contributed by atoms with Crippen LogP contribution in [0.1, 0.15) is 33.5 Å². The maximum Gasteiger partial charge on any atom is 0.373 e. The van der Waals surface area contributed by atoms with E-state index >= 15 is 0 Å². The molecule has 0 fully saturated rings.